The molecular weight excluding hydrogens is 270 g/mol. The normalized spacial score (nSPS) is 11.8. The van der Waals surface area contributed by atoms with Gasteiger partial charge in [0.1, 0.15) is 5.88 Å². The molecule has 1 aromatic carbocycles. The van der Waals surface area contributed by atoms with E-state index >= 15 is 0 Å². The Morgan fingerprint density at radius 1 is 1.30 bits per heavy atom. The third-order valence-electron chi connectivity index (χ3n) is 3.28. The SMILES string of the molecule is Cc1cccc(C(C)(C)C)c1N(CC(C)C)C(=O)CCl. The van der Waals surface area contributed by atoms with Crippen molar-refractivity contribution in [3.8, 4) is 0 Å². The molecule has 0 aromatic heterocycles. The third-order valence-corrected chi connectivity index (χ3v) is 3.51. The number of halogens is 1. The van der Waals surface area contributed by atoms with Crippen molar-refractivity contribution in [1.29, 1.82) is 0 Å². The molecule has 1 rings (SSSR count). The van der Waals surface area contributed by atoms with Gasteiger partial charge in [-0.15, -0.1) is 11.6 Å². The van der Waals surface area contributed by atoms with Gasteiger partial charge in [-0.1, -0.05) is 52.8 Å². The maximum atomic E-state index is 12.3. The molecule has 0 saturated carbocycles. The van der Waals surface area contributed by atoms with Gasteiger partial charge in [0, 0.05) is 6.54 Å². The average molecular weight is 296 g/mol. The number of carbonyl (C=O) groups is 1. The van der Waals surface area contributed by atoms with Crippen molar-refractivity contribution in [2.45, 2.75) is 47.0 Å². The Labute approximate surface area is 128 Å². The molecule has 20 heavy (non-hydrogen) atoms. The van der Waals surface area contributed by atoms with Crippen LogP contribution in [0.5, 0.6) is 0 Å². The van der Waals surface area contributed by atoms with Crippen molar-refractivity contribution in [3.05, 3.63) is 29.3 Å². The first kappa shape index (κ1) is 17.0. The van der Waals surface area contributed by atoms with E-state index in [0.29, 0.717) is 12.5 Å². The Morgan fingerprint density at radius 2 is 1.90 bits per heavy atom. The van der Waals surface area contributed by atoms with Gasteiger partial charge < -0.3 is 4.90 Å². The zero-order chi connectivity index (χ0) is 15.5. The van der Waals surface area contributed by atoms with Crippen LogP contribution in [-0.4, -0.2) is 18.3 Å². The van der Waals surface area contributed by atoms with E-state index in [1.807, 2.05) is 4.90 Å². The van der Waals surface area contributed by atoms with Gasteiger partial charge in [0.25, 0.3) is 0 Å². The van der Waals surface area contributed by atoms with Gasteiger partial charge >= 0.3 is 0 Å². The van der Waals surface area contributed by atoms with Crippen LogP contribution in [-0.2, 0) is 10.2 Å². The average Bonchev–Trinajstić information content (AvgIpc) is 2.33. The molecule has 1 aromatic rings. The molecular formula is C17H26ClNO. The maximum Gasteiger partial charge on any atom is 0.241 e. The number of hydrogen-bond donors (Lipinski definition) is 0. The van der Waals surface area contributed by atoms with E-state index in [2.05, 4.69) is 59.7 Å². The van der Waals surface area contributed by atoms with Gasteiger partial charge in [-0.25, -0.2) is 0 Å². The minimum absolute atomic E-state index is 0.0107. The predicted octanol–water partition coefficient (Wildman–Crippen LogP) is 4.52. The fourth-order valence-corrected chi connectivity index (χ4v) is 2.52. The molecule has 0 fully saturated rings. The number of alkyl halides is 1. The number of anilines is 1. The summed E-state index contributed by atoms with van der Waals surface area (Å²) in [5.41, 5.74) is 3.33. The predicted molar refractivity (Wildman–Crippen MR) is 87.8 cm³/mol. The number of para-hydroxylation sites is 1. The molecule has 0 radical (unpaired) electrons. The Bertz CT molecular complexity index is 474. The second kappa shape index (κ2) is 6.62. The molecule has 0 bridgehead atoms. The van der Waals surface area contributed by atoms with Crippen LogP contribution in [0.3, 0.4) is 0 Å². The minimum atomic E-state index is -0.0276. The Kier molecular flexibility index (Phi) is 5.64. The number of carbonyl (C=O) groups excluding carboxylic acids is 1. The lowest BCUT2D eigenvalue weighted by Crippen LogP contribution is -2.37. The van der Waals surface area contributed by atoms with Crippen LogP contribution >= 0.6 is 11.6 Å². The molecule has 0 aliphatic heterocycles. The highest BCUT2D eigenvalue weighted by Gasteiger charge is 2.26. The van der Waals surface area contributed by atoms with E-state index in [9.17, 15) is 4.79 Å². The zero-order valence-electron chi connectivity index (χ0n) is 13.5. The second-order valence-corrected chi connectivity index (χ2v) is 7.02. The van der Waals surface area contributed by atoms with Crippen LogP contribution in [0.4, 0.5) is 5.69 Å². The molecule has 0 saturated heterocycles. The van der Waals surface area contributed by atoms with Crippen molar-refractivity contribution in [1.82, 2.24) is 0 Å². The monoisotopic (exact) mass is 295 g/mol. The summed E-state index contributed by atoms with van der Waals surface area (Å²) in [5.74, 6) is 0.389. The molecule has 3 heteroatoms. The van der Waals surface area contributed by atoms with Gasteiger partial charge in [-0.05, 0) is 29.4 Å². The van der Waals surface area contributed by atoms with Crippen LogP contribution in [0.15, 0.2) is 18.2 Å². The zero-order valence-corrected chi connectivity index (χ0v) is 14.2. The summed E-state index contributed by atoms with van der Waals surface area (Å²) in [6.07, 6.45) is 0. The Balaban J connectivity index is 3.42. The van der Waals surface area contributed by atoms with Gasteiger partial charge in [0.05, 0.1) is 5.69 Å². The molecule has 112 valence electrons. The highest BCUT2D eigenvalue weighted by molar-refractivity contribution is 6.29. The number of hydrogen-bond acceptors (Lipinski definition) is 1. The first-order valence-corrected chi connectivity index (χ1v) is 7.68. The largest absolute Gasteiger partial charge is 0.311 e. The lowest BCUT2D eigenvalue weighted by molar-refractivity contribution is -0.116. The van der Waals surface area contributed by atoms with Gasteiger partial charge in [0.2, 0.25) is 5.91 Å². The molecule has 0 N–H and O–H groups in total. The Morgan fingerprint density at radius 3 is 2.35 bits per heavy atom. The van der Waals surface area contributed by atoms with Crippen molar-refractivity contribution < 1.29 is 4.79 Å². The molecule has 0 heterocycles. The highest BCUT2D eigenvalue weighted by Crippen LogP contribution is 2.35. The number of nitrogens with zero attached hydrogens (tertiary/aromatic N) is 1. The maximum absolute atomic E-state index is 12.3. The summed E-state index contributed by atoms with van der Waals surface area (Å²) < 4.78 is 0. The van der Waals surface area contributed by atoms with E-state index in [4.69, 9.17) is 11.6 Å². The van der Waals surface area contributed by atoms with Crippen LogP contribution < -0.4 is 4.90 Å². The van der Waals surface area contributed by atoms with E-state index in [-0.39, 0.29) is 17.2 Å². The molecule has 2 nitrogen and oxygen atoms in total. The smallest absolute Gasteiger partial charge is 0.241 e. The molecule has 1 amide bonds. The number of rotatable bonds is 4. The van der Waals surface area contributed by atoms with Crippen molar-refractivity contribution in [2.75, 3.05) is 17.3 Å². The lowest BCUT2D eigenvalue weighted by Gasteiger charge is -2.32. The fraction of sp³-hybridized carbons (Fsp3) is 0.588. The highest BCUT2D eigenvalue weighted by atomic mass is 35.5. The second-order valence-electron chi connectivity index (χ2n) is 6.75. The summed E-state index contributed by atoms with van der Waals surface area (Å²) in [5, 5.41) is 0. The molecule has 0 unspecified atom stereocenters. The van der Waals surface area contributed by atoms with Gasteiger partial charge in [-0.2, -0.15) is 0 Å². The molecule has 0 aliphatic rings. The van der Waals surface area contributed by atoms with Crippen LogP contribution in [0.1, 0.15) is 45.7 Å². The van der Waals surface area contributed by atoms with E-state index in [1.165, 1.54) is 5.56 Å². The number of amides is 1. The van der Waals surface area contributed by atoms with Gasteiger partial charge in [0.15, 0.2) is 0 Å². The van der Waals surface area contributed by atoms with Crippen molar-refractivity contribution in [3.63, 3.8) is 0 Å². The summed E-state index contributed by atoms with van der Waals surface area (Å²) in [4.78, 5) is 14.1. The van der Waals surface area contributed by atoms with Gasteiger partial charge in [-0.3, -0.25) is 4.79 Å². The topological polar surface area (TPSA) is 20.3 Å². The fourth-order valence-electron chi connectivity index (χ4n) is 2.38. The lowest BCUT2D eigenvalue weighted by atomic mass is 9.84. The summed E-state index contributed by atoms with van der Waals surface area (Å²) in [6.45, 7) is 13.5. The summed E-state index contributed by atoms with van der Waals surface area (Å²) in [7, 11) is 0. The van der Waals surface area contributed by atoms with Crippen LogP contribution in [0.25, 0.3) is 0 Å². The first-order chi connectivity index (χ1) is 9.18. The quantitative estimate of drug-likeness (QED) is 0.748. The van der Waals surface area contributed by atoms with E-state index < -0.39 is 0 Å². The third kappa shape index (κ3) is 3.99. The van der Waals surface area contributed by atoms with Crippen molar-refractivity contribution in [2.24, 2.45) is 5.92 Å². The molecule has 0 atom stereocenters. The van der Waals surface area contributed by atoms with Crippen LogP contribution in [0.2, 0.25) is 0 Å². The standard InChI is InChI=1S/C17H26ClNO/c1-12(2)11-19(15(20)10-18)16-13(3)8-7-9-14(16)17(4,5)6/h7-9,12H,10-11H2,1-6H3. The molecule has 0 spiro atoms. The van der Waals surface area contributed by atoms with Crippen LogP contribution in [0, 0.1) is 12.8 Å². The summed E-state index contributed by atoms with van der Waals surface area (Å²) in [6, 6.07) is 6.22. The molecule has 0 aliphatic carbocycles. The first-order valence-electron chi connectivity index (χ1n) is 7.15. The Hall–Kier alpha value is -1.02. The van der Waals surface area contributed by atoms with E-state index in [1.54, 1.807) is 0 Å². The van der Waals surface area contributed by atoms with E-state index in [0.717, 1.165) is 11.3 Å². The number of benzene rings is 1. The minimum Gasteiger partial charge on any atom is -0.311 e. The van der Waals surface area contributed by atoms with Crippen molar-refractivity contribution >= 4 is 23.2 Å². The number of aryl methyl sites for hydroxylation is 1. The summed E-state index contributed by atoms with van der Waals surface area (Å²) >= 11 is 5.81.